The maximum Gasteiger partial charge on any atom is 0.0485 e. The molecule has 0 amide bonds. The molecule has 0 heterocycles. The molecule has 1 atom stereocenters. The molecule has 0 aliphatic heterocycles. The molecule has 1 rings (SSSR count). The molecule has 0 bridgehead atoms. The summed E-state index contributed by atoms with van der Waals surface area (Å²) in [7, 11) is 4.16. The second-order valence-electron chi connectivity index (χ2n) is 5.26. The summed E-state index contributed by atoms with van der Waals surface area (Å²) in [6.07, 6.45) is 1.09. The molecule has 114 valence electrons. The Morgan fingerprint density at radius 2 is 1.85 bits per heavy atom. The quantitative estimate of drug-likeness (QED) is 0.798. The lowest BCUT2D eigenvalue weighted by Gasteiger charge is -2.32. The van der Waals surface area contributed by atoms with Gasteiger partial charge in [-0.2, -0.15) is 0 Å². The normalized spacial score (nSPS) is 13.2. The monoisotopic (exact) mass is 317 g/mol. The zero-order valence-electron chi connectivity index (χ0n) is 12.6. The third-order valence-electron chi connectivity index (χ3n) is 3.33. The van der Waals surface area contributed by atoms with Gasteiger partial charge in [0, 0.05) is 35.7 Å². The minimum atomic E-state index is 0.139. The van der Waals surface area contributed by atoms with Gasteiger partial charge in [0.15, 0.2) is 0 Å². The van der Waals surface area contributed by atoms with Crippen LogP contribution in [0.2, 0.25) is 10.0 Å². The van der Waals surface area contributed by atoms with Crippen molar-refractivity contribution < 1.29 is 0 Å². The molecule has 5 heteroatoms. The number of nitrogens with zero attached hydrogens (tertiary/aromatic N) is 2. The molecule has 2 N–H and O–H groups in total. The van der Waals surface area contributed by atoms with Crippen molar-refractivity contribution in [3.63, 3.8) is 0 Å². The predicted octanol–water partition coefficient (Wildman–Crippen LogP) is 3.27. The van der Waals surface area contributed by atoms with E-state index in [1.807, 2.05) is 12.1 Å². The molecule has 1 aromatic rings. The van der Waals surface area contributed by atoms with Crippen LogP contribution in [0.4, 0.5) is 0 Å². The van der Waals surface area contributed by atoms with E-state index in [1.54, 1.807) is 6.07 Å². The summed E-state index contributed by atoms with van der Waals surface area (Å²) in [6.45, 7) is 5.71. The fourth-order valence-electron chi connectivity index (χ4n) is 2.28. The summed E-state index contributed by atoms with van der Waals surface area (Å²) in [5.74, 6) is 0. The Bertz CT molecular complexity index is 410. The molecule has 0 saturated heterocycles. The Balaban J connectivity index is 2.93. The largest absolute Gasteiger partial charge is 0.329 e. The zero-order valence-corrected chi connectivity index (χ0v) is 14.1. The molecule has 1 unspecified atom stereocenters. The van der Waals surface area contributed by atoms with Gasteiger partial charge in [0.25, 0.3) is 0 Å². The summed E-state index contributed by atoms with van der Waals surface area (Å²) >= 11 is 12.3. The lowest BCUT2D eigenvalue weighted by molar-refractivity contribution is 0.182. The van der Waals surface area contributed by atoms with Crippen LogP contribution in [0.25, 0.3) is 0 Å². The van der Waals surface area contributed by atoms with Crippen molar-refractivity contribution in [2.24, 2.45) is 5.73 Å². The average Bonchev–Trinajstić information content (AvgIpc) is 2.38. The number of hydrogen-bond acceptors (Lipinski definition) is 3. The van der Waals surface area contributed by atoms with Crippen molar-refractivity contribution in [1.29, 1.82) is 0 Å². The smallest absolute Gasteiger partial charge is 0.0485 e. The van der Waals surface area contributed by atoms with E-state index < -0.39 is 0 Å². The predicted molar refractivity (Wildman–Crippen MR) is 88.7 cm³/mol. The van der Waals surface area contributed by atoms with Gasteiger partial charge in [-0.15, -0.1) is 0 Å². The Morgan fingerprint density at radius 3 is 2.35 bits per heavy atom. The first-order valence-electron chi connectivity index (χ1n) is 7.03. The third-order valence-corrected chi connectivity index (χ3v) is 3.89. The van der Waals surface area contributed by atoms with E-state index in [4.69, 9.17) is 28.9 Å². The molecule has 0 aliphatic carbocycles. The maximum absolute atomic E-state index is 6.33. The van der Waals surface area contributed by atoms with Crippen LogP contribution in [0.1, 0.15) is 24.9 Å². The van der Waals surface area contributed by atoms with Crippen molar-refractivity contribution in [3.8, 4) is 0 Å². The van der Waals surface area contributed by atoms with Gasteiger partial charge in [-0.25, -0.2) is 0 Å². The maximum atomic E-state index is 6.33. The SMILES string of the molecule is CCCN(CCN(C)C)C(CN)c1ccc(Cl)cc1Cl. The minimum absolute atomic E-state index is 0.139. The van der Waals surface area contributed by atoms with Crippen LogP contribution in [0.3, 0.4) is 0 Å². The number of likely N-dealkylation sites (N-methyl/N-ethyl adjacent to an activating group) is 1. The van der Waals surface area contributed by atoms with Gasteiger partial charge >= 0.3 is 0 Å². The van der Waals surface area contributed by atoms with Gasteiger partial charge in [0.2, 0.25) is 0 Å². The highest BCUT2D eigenvalue weighted by Gasteiger charge is 2.20. The topological polar surface area (TPSA) is 32.5 Å². The molecule has 3 nitrogen and oxygen atoms in total. The fraction of sp³-hybridized carbons (Fsp3) is 0.600. The van der Waals surface area contributed by atoms with Crippen LogP contribution in [-0.2, 0) is 0 Å². The molecule has 0 aromatic heterocycles. The molecule has 20 heavy (non-hydrogen) atoms. The van der Waals surface area contributed by atoms with E-state index in [1.165, 1.54) is 0 Å². The minimum Gasteiger partial charge on any atom is -0.329 e. The summed E-state index contributed by atoms with van der Waals surface area (Å²) in [5, 5.41) is 1.35. The van der Waals surface area contributed by atoms with Crippen LogP contribution >= 0.6 is 23.2 Å². The van der Waals surface area contributed by atoms with Crippen molar-refractivity contribution in [1.82, 2.24) is 9.80 Å². The van der Waals surface area contributed by atoms with Gasteiger partial charge in [-0.3, -0.25) is 4.90 Å². The average molecular weight is 318 g/mol. The van der Waals surface area contributed by atoms with Gasteiger partial charge in [-0.05, 0) is 44.8 Å². The summed E-state index contributed by atoms with van der Waals surface area (Å²) in [5.41, 5.74) is 7.06. The summed E-state index contributed by atoms with van der Waals surface area (Å²) < 4.78 is 0. The first-order valence-corrected chi connectivity index (χ1v) is 7.79. The first-order chi connectivity index (χ1) is 9.49. The molecule has 1 aromatic carbocycles. The molecule has 0 radical (unpaired) electrons. The molecule has 0 spiro atoms. The van der Waals surface area contributed by atoms with E-state index >= 15 is 0 Å². The standard InChI is InChI=1S/C15H25Cl2N3/c1-4-7-20(9-8-19(2)3)15(11-18)13-6-5-12(16)10-14(13)17/h5-6,10,15H,4,7-9,11,18H2,1-3H3. The molecular formula is C15H25Cl2N3. The second kappa shape index (κ2) is 8.85. The van der Waals surface area contributed by atoms with Crippen molar-refractivity contribution in [2.45, 2.75) is 19.4 Å². The van der Waals surface area contributed by atoms with E-state index in [9.17, 15) is 0 Å². The fourth-order valence-corrected chi connectivity index (χ4v) is 2.82. The Morgan fingerprint density at radius 1 is 1.15 bits per heavy atom. The zero-order chi connectivity index (χ0) is 15.1. The van der Waals surface area contributed by atoms with Gasteiger partial charge in [0.1, 0.15) is 0 Å². The van der Waals surface area contributed by atoms with Crippen LogP contribution < -0.4 is 5.73 Å². The number of hydrogen-bond donors (Lipinski definition) is 1. The van der Waals surface area contributed by atoms with Crippen LogP contribution in [0.5, 0.6) is 0 Å². The van der Waals surface area contributed by atoms with Crippen molar-refractivity contribution in [3.05, 3.63) is 33.8 Å². The number of rotatable bonds is 8. The molecule has 0 aliphatic rings. The van der Waals surface area contributed by atoms with Crippen LogP contribution in [-0.4, -0.2) is 50.1 Å². The summed E-state index contributed by atoms with van der Waals surface area (Å²) in [4.78, 5) is 4.58. The number of benzene rings is 1. The highest BCUT2D eigenvalue weighted by molar-refractivity contribution is 6.35. The van der Waals surface area contributed by atoms with E-state index in [-0.39, 0.29) is 6.04 Å². The third kappa shape index (κ3) is 5.23. The van der Waals surface area contributed by atoms with Gasteiger partial charge < -0.3 is 10.6 Å². The lowest BCUT2D eigenvalue weighted by atomic mass is 10.0. The van der Waals surface area contributed by atoms with E-state index in [0.717, 1.165) is 31.6 Å². The molecule has 0 fully saturated rings. The van der Waals surface area contributed by atoms with Crippen LogP contribution in [0, 0.1) is 0 Å². The number of halogens is 2. The highest BCUT2D eigenvalue weighted by atomic mass is 35.5. The van der Waals surface area contributed by atoms with Gasteiger partial charge in [0.05, 0.1) is 0 Å². The van der Waals surface area contributed by atoms with Crippen LogP contribution in [0.15, 0.2) is 18.2 Å². The van der Waals surface area contributed by atoms with Crippen molar-refractivity contribution >= 4 is 23.2 Å². The second-order valence-corrected chi connectivity index (χ2v) is 6.10. The Hall–Kier alpha value is -0.320. The van der Waals surface area contributed by atoms with Crippen molar-refractivity contribution in [2.75, 3.05) is 40.3 Å². The van der Waals surface area contributed by atoms with E-state index in [0.29, 0.717) is 16.6 Å². The highest BCUT2D eigenvalue weighted by Crippen LogP contribution is 2.29. The van der Waals surface area contributed by atoms with Gasteiger partial charge in [-0.1, -0.05) is 36.2 Å². The Kier molecular flexibility index (Phi) is 7.85. The lowest BCUT2D eigenvalue weighted by Crippen LogP contribution is -2.38. The number of nitrogens with two attached hydrogens (primary N) is 1. The Labute approximate surface area is 132 Å². The molecular weight excluding hydrogens is 293 g/mol. The summed E-state index contributed by atoms with van der Waals surface area (Å²) in [6, 6.07) is 5.79. The van der Waals surface area contributed by atoms with E-state index in [2.05, 4.69) is 30.8 Å². The first kappa shape index (κ1) is 17.7. The molecule has 0 saturated carbocycles.